The van der Waals surface area contributed by atoms with Crippen LogP contribution in [0.4, 0.5) is 0 Å². The van der Waals surface area contributed by atoms with Crippen molar-refractivity contribution in [1.82, 2.24) is 0 Å². The van der Waals surface area contributed by atoms with Crippen molar-refractivity contribution < 1.29 is 24.1 Å². The molecule has 0 aromatic heterocycles. The van der Waals surface area contributed by atoms with E-state index in [0.717, 1.165) is 5.56 Å². The molecule has 136 valence electrons. The Bertz CT molecular complexity index is 620. The predicted molar refractivity (Wildman–Crippen MR) is 88.6 cm³/mol. The number of aliphatic hydroxyl groups excluding tert-OH is 1. The lowest BCUT2D eigenvalue weighted by molar-refractivity contribution is -0.183. The fourth-order valence-electron chi connectivity index (χ4n) is 3.31. The largest absolute Gasteiger partial charge is 0.390 e. The van der Waals surface area contributed by atoms with Crippen LogP contribution >= 0.6 is 0 Å². The van der Waals surface area contributed by atoms with E-state index in [1.54, 1.807) is 13.8 Å². The van der Waals surface area contributed by atoms with Gasteiger partial charge >= 0.3 is 0 Å². The molecule has 1 saturated carbocycles. The van der Waals surface area contributed by atoms with E-state index in [9.17, 15) is 5.11 Å². The quantitative estimate of drug-likeness (QED) is 0.351. The standard InChI is InChI=1S/C17H23N3O5/c1-17(2)24-14-12(19-20-18)13(21)15(16(14)25-17)23-9-8-22-10-11-6-4-3-5-7-11/h3-7,12-16,21H,8-10H2,1-2H3/t12-,13-,14+,15+,16+/m1/s1. The Labute approximate surface area is 146 Å². The van der Waals surface area contributed by atoms with Gasteiger partial charge in [0.25, 0.3) is 0 Å². The minimum atomic E-state index is -0.976. The molecule has 1 saturated heterocycles. The van der Waals surface area contributed by atoms with Crippen LogP contribution in [0.1, 0.15) is 19.4 Å². The third-order valence-electron chi connectivity index (χ3n) is 4.35. The maximum Gasteiger partial charge on any atom is 0.163 e. The van der Waals surface area contributed by atoms with Crippen molar-refractivity contribution in [1.29, 1.82) is 0 Å². The fraction of sp³-hybridized carbons (Fsp3) is 0.647. The SMILES string of the molecule is CC1(C)O[C@@H]2[C@@H](OCCOCc3ccccc3)[C@H](O)[C@@H](N=[N+]=[N-])[C@@H]2O1. The summed E-state index contributed by atoms with van der Waals surface area (Å²) in [6.07, 6.45) is -2.59. The number of aliphatic hydroxyl groups is 1. The van der Waals surface area contributed by atoms with Crippen LogP contribution in [0.3, 0.4) is 0 Å². The number of nitrogens with zero attached hydrogens (tertiary/aromatic N) is 3. The maximum absolute atomic E-state index is 10.4. The van der Waals surface area contributed by atoms with Crippen LogP contribution < -0.4 is 0 Å². The van der Waals surface area contributed by atoms with Gasteiger partial charge < -0.3 is 24.1 Å². The highest BCUT2D eigenvalue weighted by Gasteiger charge is 2.59. The molecule has 1 aromatic rings. The zero-order valence-electron chi connectivity index (χ0n) is 14.3. The van der Waals surface area contributed by atoms with Gasteiger partial charge in [0, 0.05) is 4.91 Å². The van der Waals surface area contributed by atoms with E-state index in [1.807, 2.05) is 30.3 Å². The first-order chi connectivity index (χ1) is 12.0. The van der Waals surface area contributed by atoms with Crippen molar-refractivity contribution in [3.05, 3.63) is 46.3 Å². The summed E-state index contributed by atoms with van der Waals surface area (Å²) >= 11 is 0. The zero-order valence-corrected chi connectivity index (χ0v) is 14.3. The Morgan fingerprint density at radius 2 is 1.92 bits per heavy atom. The summed E-state index contributed by atoms with van der Waals surface area (Å²) in [6.45, 7) is 4.74. The molecule has 5 atom stereocenters. The van der Waals surface area contributed by atoms with Crippen LogP contribution in [0, 0.1) is 0 Å². The Balaban J connectivity index is 1.51. The topological polar surface area (TPSA) is 106 Å². The summed E-state index contributed by atoms with van der Waals surface area (Å²) < 4.78 is 22.9. The van der Waals surface area contributed by atoms with Gasteiger partial charge in [-0.1, -0.05) is 35.4 Å². The predicted octanol–water partition coefficient (Wildman–Crippen LogP) is 2.16. The number of fused-ring (bicyclic) bond motifs is 1. The first-order valence-corrected chi connectivity index (χ1v) is 8.33. The monoisotopic (exact) mass is 349 g/mol. The summed E-state index contributed by atoms with van der Waals surface area (Å²) in [5, 5.41) is 14.1. The number of benzene rings is 1. The van der Waals surface area contributed by atoms with Gasteiger partial charge in [-0.05, 0) is 24.9 Å². The number of azide groups is 1. The molecule has 25 heavy (non-hydrogen) atoms. The molecule has 1 heterocycles. The van der Waals surface area contributed by atoms with E-state index in [1.165, 1.54) is 0 Å². The number of hydrogen-bond acceptors (Lipinski definition) is 6. The van der Waals surface area contributed by atoms with Crippen molar-refractivity contribution in [3.63, 3.8) is 0 Å². The average molecular weight is 349 g/mol. The van der Waals surface area contributed by atoms with E-state index < -0.39 is 36.2 Å². The number of hydrogen-bond donors (Lipinski definition) is 1. The molecule has 2 aliphatic rings. The minimum absolute atomic E-state index is 0.296. The van der Waals surface area contributed by atoms with Crippen molar-refractivity contribution in [3.8, 4) is 0 Å². The molecule has 0 bridgehead atoms. The lowest BCUT2D eigenvalue weighted by atomic mass is 10.2. The third kappa shape index (κ3) is 4.12. The minimum Gasteiger partial charge on any atom is -0.390 e. The van der Waals surface area contributed by atoms with Crippen LogP contribution in [0.5, 0.6) is 0 Å². The van der Waals surface area contributed by atoms with Crippen molar-refractivity contribution in [2.75, 3.05) is 13.2 Å². The first-order valence-electron chi connectivity index (χ1n) is 8.33. The van der Waals surface area contributed by atoms with E-state index >= 15 is 0 Å². The second-order valence-electron chi connectivity index (χ2n) is 6.62. The van der Waals surface area contributed by atoms with Gasteiger partial charge in [0.05, 0.1) is 32.0 Å². The molecule has 0 unspecified atom stereocenters. The van der Waals surface area contributed by atoms with Gasteiger partial charge in [-0.25, -0.2) is 0 Å². The van der Waals surface area contributed by atoms with Crippen molar-refractivity contribution in [2.24, 2.45) is 5.11 Å². The van der Waals surface area contributed by atoms with Crippen LogP contribution in [-0.4, -0.2) is 54.6 Å². The smallest absolute Gasteiger partial charge is 0.163 e. The summed E-state index contributed by atoms with van der Waals surface area (Å²) in [5.74, 6) is -0.801. The van der Waals surface area contributed by atoms with Crippen molar-refractivity contribution in [2.45, 2.75) is 56.7 Å². The summed E-state index contributed by atoms with van der Waals surface area (Å²) in [7, 11) is 0. The highest BCUT2D eigenvalue weighted by Crippen LogP contribution is 2.41. The number of rotatable bonds is 7. The number of ether oxygens (including phenoxy) is 4. The average Bonchev–Trinajstić information content (AvgIpc) is 3.01. The van der Waals surface area contributed by atoms with E-state index in [2.05, 4.69) is 10.0 Å². The van der Waals surface area contributed by atoms with E-state index in [4.69, 9.17) is 24.5 Å². The van der Waals surface area contributed by atoms with E-state index in [0.29, 0.717) is 19.8 Å². The third-order valence-corrected chi connectivity index (χ3v) is 4.35. The Kier molecular flexibility index (Phi) is 5.58. The molecule has 1 aliphatic heterocycles. The molecule has 2 fully saturated rings. The van der Waals surface area contributed by atoms with Gasteiger partial charge in [0.15, 0.2) is 5.79 Å². The molecule has 0 spiro atoms. The van der Waals surface area contributed by atoms with Crippen LogP contribution in [0.15, 0.2) is 35.4 Å². The summed E-state index contributed by atoms with van der Waals surface area (Å²) in [5.41, 5.74) is 9.81. The highest BCUT2D eigenvalue weighted by atomic mass is 16.8. The van der Waals surface area contributed by atoms with E-state index in [-0.39, 0.29) is 0 Å². The van der Waals surface area contributed by atoms with Gasteiger partial charge in [-0.2, -0.15) is 0 Å². The second-order valence-corrected chi connectivity index (χ2v) is 6.62. The van der Waals surface area contributed by atoms with Crippen molar-refractivity contribution >= 4 is 0 Å². The molecule has 0 radical (unpaired) electrons. The molecule has 0 amide bonds. The van der Waals surface area contributed by atoms with Gasteiger partial charge in [0.2, 0.25) is 0 Å². The summed E-state index contributed by atoms with van der Waals surface area (Å²) in [6, 6.07) is 9.12. The highest BCUT2D eigenvalue weighted by molar-refractivity contribution is 5.13. The Hall–Kier alpha value is -1.67. The van der Waals surface area contributed by atoms with Crippen LogP contribution in [0.2, 0.25) is 0 Å². The van der Waals surface area contributed by atoms with Gasteiger partial charge in [0.1, 0.15) is 18.3 Å². The molecule has 1 aliphatic carbocycles. The lowest BCUT2D eigenvalue weighted by Crippen LogP contribution is -2.39. The molecule has 8 heteroatoms. The maximum atomic E-state index is 10.4. The Morgan fingerprint density at radius 3 is 2.64 bits per heavy atom. The molecule has 8 nitrogen and oxygen atoms in total. The Morgan fingerprint density at radius 1 is 1.20 bits per heavy atom. The normalized spacial score (nSPS) is 33.0. The first kappa shape index (κ1) is 18.1. The van der Waals surface area contributed by atoms with Gasteiger partial charge in [-0.15, -0.1) is 0 Å². The summed E-state index contributed by atoms with van der Waals surface area (Å²) in [4.78, 5) is 2.80. The van der Waals surface area contributed by atoms with Crippen LogP contribution in [0.25, 0.3) is 10.4 Å². The zero-order chi connectivity index (χ0) is 17.9. The molecule has 1 N–H and O–H groups in total. The van der Waals surface area contributed by atoms with Crippen LogP contribution in [-0.2, 0) is 25.6 Å². The second kappa shape index (κ2) is 7.70. The molecule has 3 rings (SSSR count). The molecular formula is C17H23N3O5. The molecular weight excluding hydrogens is 326 g/mol. The fourth-order valence-corrected chi connectivity index (χ4v) is 3.31. The van der Waals surface area contributed by atoms with Gasteiger partial charge in [-0.3, -0.25) is 0 Å². The molecule has 1 aromatic carbocycles. The lowest BCUT2D eigenvalue weighted by Gasteiger charge is -2.25.